The van der Waals surface area contributed by atoms with Gasteiger partial charge in [0.1, 0.15) is 5.69 Å². The lowest BCUT2D eigenvalue weighted by Crippen LogP contribution is -2.40. The maximum absolute atomic E-state index is 11.9. The molecule has 1 saturated carbocycles. The highest BCUT2D eigenvalue weighted by Gasteiger charge is 2.31. The van der Waals surface area contributed by atoms with Crippen molar-refractivity contribution in [2.75, 3.05) is 6.54 Å². The Balaban J connectivity index is 1.66. The third kappa shape index (κ3) is 2.01. The van der Waals surface area contributed by atoms with Crippen LogP contribution in [0.5, 0.6) is 0 Å². The number of carbonyl (C=O) groups is 1. The van der Waals surface area contributed by atoms with Crippen molar-refractivity contribution in [2.45, 2.75) is 31.3 Å². The monoisotopic (exact) mass is 248 g/mol. The van der Waals surface area contributed by atoms with Gasteiger partial charge in [-0.15, -0.1) is 0 Å². The van der Waals surface area contributed by atoms with E-state index in [-0.39, 0.29) is 5.91 Å². The molecule has 5 nitrogen and oxygen atoms in total. The van der Waals surface area contributed by atoms with Crippen LogP contribution in [0.25, 0.3) is 11.1 Å². The van der Waals surface area contributed by atoms with Gasteiger partial charge in [0.05, 0.1) is 17.4 Å². The van der Waals surface area contributed by atoms with Crippen molar-refractivity contribution >= 4 is 17.0 Å². The molecule has 2 heterocycles. The van der Waals surface area contributed by atoms with Crippen molar-refractivity contribution < 1.29 is 14.3 Å². The van der Waals surface area contributed by atoms with Crippen LogP contribution >= 0.6 is 0 Å². The Hall–Kier alpha value is -1.75. The summed E-state index contributed by atoms with van der Waals surface area (Å²) in [5.41, 5.74) is 1.21. The number of nitrogens with one attached hydrogen (secondary N) is 2. The summed E-state index contributed by atoms with van der Waals surface area (Å²) in [4.78, 5) is 14.9. The van der Waals surface area contributed by atoms with Gasteiger partial charge in [-0.3, -0.25) is 4.79 Å². The van der Waals surface area contributed by atoms with E-state index in [9.17, 15) is 9.90 Å². The number of aliphatic hydroxyl groups is 1. The van der Waals surface area contributed by atoms with Crippen molar-refractivity contribution in [3.05, 3.63) is 24.1 Å². The zero-order valence-corrected chi connectivity index (χ0v) is 10.0. The quantitative estimate of drug-likeness (QED) is 0.775. The van der Waals surface area contributed by atoms with E-state index in [0.717, 1.165) is 31.2 Å². The van der Waals surface area contributed by atoms with Gasteiger partial charge in [-0.1, -0.05) is 12.8 Å². The van der Waals surface area contributed by atoms with Crippen LogP contribution in [0.1, 0.15) is 36.2 Å². The molecule has 1 amide bonds. The number of rotatable bonds is 3. The number of hydrogen-bond acceptors (Lipinski definition) is 3. The largest absolute Gasteiger partial charge is 0.463 e. The van der Waals surface area contributed by atoms with E-state index >= 15 is 0 Å². The van der Waals surface area contributed by atoms with E-state index in [1.54, 1.807) is 18.4 Å². The number of H-pyrrole nitrogens is 1. The number of furan rings is 1. The van der Waals surface area contributed by atoms with Crippen molar-refractivity contribution in [3.8, 4) is 0 Å². The van der Waals surface area contributed by atoms with Crippen molar-refractivity contribution in [1.29, 1.82) is 0 Å². The van der Waals surface area contributed by atoms with Gasteiger partial charge in [0, 0.05) is 18.7 Å². The average molecular weight is 248 g/mol. The zero-order chi connectivity index (χ0) is 12.6. The summed E-state index contributed by atoms with van der Waals surface area (Å²) < 4.78 is 5.19. The minimum atomic E-state index is -0.721. The molecule has 0 aliphatic heterocycles. The molecular weight excluding hydrogens is 232 g/mol. The molecule has 0 unspecified atom stereocenters. The van der Waals surface area contributed by atoms with Gasteiger partial charge < -0.3 is 19.8 Å². The first kappa shape index (κ1) is 11.3. The molecule has 1 aliphatic rings. The maximum atomic E-state index is 11.9. The van der Waals surface area contributed by atoms with Crippen LogP contribution in [0.2, 0.25) is 0 Å². The molecule has 5 heteroatoms. The van der Waals surface area contributed by atoms with Gasteiger partial charge in [0.25, 0.3) is 5.91 Å². The van der Waals surface area contributed by atoms with E-state index in [4.69, 9.17) is 4.42 Å². The molecule has 18 heavy (non-hydrogen) atoms. The van der Waals surface area contributed by atoms with Crippen molar-refractivity contribution in [3.63, 3.8) is 0 Å². The molecule has 2 aromatic heterocycles. The minimum absolute atomic E-state index is 0.207. The van der Waals surface area contributed by atoms with E-state index in [2.05, 4.69) is 10.3 Å². The SMILES string of the molecule is O=C(NCC1(O)CCCC1)c1cc2occc2[nH]1. The lowest BCUT2D eigenvalue weighted by atomic mass is 10.0. The van der Waals surface area contributed by atoms with Gasteiger partial charge in [-0.05, 0) is 12.8 Å². The molecule has 0 bridgehead atoms. The lowest BCUT2D eigenvalue weighted by Gasteiger charge is -2.22. The molecule has 2 aromatic rings. The van der Waals surface area contributed by atoms with Crippen molar-refractivity contribution in [2.24, 2.45) is 0 Å². The first-order valence-corrected chi connectivity index (χ1v) is 6.23. The molecule has 1 fully saturated rings. The van der Waals surface area contributed by atoms with E-state index in [1.165, 1.54) is 0 Å². The Morgan fingerprint density at radius 2 is 2.28 bits per heavy atom. The highest BCUT2D eigenvalue weighted by atomic mass is 16.3. The Labute approximate surface area is 104 Å². The second-order valence-electron chi connectivity index (χ2n) is 5.00. The molecule has 0 radical (unpaired) electrons. The topological polar surface area (TPSA) is 78.3 Å². The molecule has 3 N–H and O–H groups in total. The van der Waals surface area contributed by atoms with Crippen LogP contribution in [-0.4, -0.2) is 28.1 Å². The van der Waals surface area contributed by atoms with Crippen molar-refractivity contribution in [1.82, 2.24) is 10.3 Å². The van der Waals surface area contributed by atoms with Gasteiger partial charge in [-0.2, -0.15) is 0 Å². The number of carbonyl (C=O) groups excluding carboxylic acids is 1. The fourth-order valence-electron chi connectivity index (χ4n) is 2.52. The van der Waals surface area contributed by atoms with Crippen LogP contribution in [0.3, 0.4) is 0 Å². The average Bonchev–Trinajstić information content (AvgIpc) is 3.00. The van der Waals surface area contributed by atoms with E-state index in [0.29, 0.717) is 17.8 Å². The number of fused-ring (bicyclic) bond motifs is 1. The number of amides is 1. The standard InChI is InChI=1S/C13H16N2O3/c16-12(14-8-13(17)4-1-2-5-13)10-7-11-9(15-10)3-6-18-11/h3,6-7,15,17H,1-2,4-5,8H2,(H,14,16). The summed E-state index contributed by atoms with van der Waals surface area (Å²) in [7, 11) is 0. The molecule has 0 aromatic carbocycles. The molecule has 0 spiro atoms. The van der Waals surface area contributed by atoms with Crippen LogP contribution in [0.15, 0.2) is 22.8 Å². The van der Waals surface area contributed by atoms with Crippen LogP contribution in [-0.2, 0) is 0 Å². The fourth-order valence-corrected chi connectivity index (χ4v) is 2.52. The van der Waals surface area contributed by atoms with E-state index < -0.39 is 5.60 Å². The number of hydrogen-bond donors (Lipinski definition) is 3. The third-order valence-corrected chi connectivity index (χ3v) is 3.60. The van der Waals surface area contributed by atoms with Gasteiger partial charge in [-0.25, -0.2) is 0 Å². The Morgan fingerprint density at radius 1 is 1.50 bits per heavy atom. The second-order valence-corrected chi connectivity index (χ2v) is 5.00. The molecule has 3 rings (SSSR count). The zero-order valence-electron chi connectivity index (χ0n) is 10.0. The summed E-state index contributed by atoms with van der Waals surface area (Å²) in [6, 6.07) is 3.44. The fraction of sp³-hybridized carbons (Fsp3) is 0.462. The molecule has 96 valence electrons. The predicted molar refractivity (Wildman–Crippen MR) is 66.3 cm³/mol. The molecule has 1 aliphatic carbocycles. The van der Waals surface area contributed by atoms with Crippen LogP contribution < -0.4 is 5.32 Å². The van der Waals surface area contributed by atoms with Gasteiger partial charge >= 0.3 is 0 Å². The second kappa shape index (κ2) is 4.17. The maximum Gasteiger partial charge on any atom is 0.267 e. The smallest absolute Gasteiger partial charge is 0.267 e. The highest BCUT2D eigenvalue weighted by molar-refractivity contribution is 5.96. The van der Waals surface area contributed by atoms with Crippen LogP contribution in [0, 0.1) is 0 Å². The summed E-state index contributed by atoms with van der Waals surface area (Å²) in [6.45, 7) is 0.312. The minimum Gasteiger partial charge on any atom is -0.463 e. The number of aromatic amines is 1. The summed E-state index contributed by atoms with van der Waals surface area (Å²) >= 11 is 0. The van der Waals surface area contributed by atoms with Gasteiger partial charge in [0.15, 0.2) is 5.58 Å². The first-order chi connectivity index (χ1) is 8.66. The van der Waals surface area contributed by atoms with Crippen LogP contribution in [0.4, 0.5) is 0 Å². The highest BCUT2D eigenvalue weighted by Crippen LogP contribution is 2.28. The number of aromatic nitrogens is 1. The third-order valence-electron chi connectivity index (χ3n) is 3.60. The first-order valence-electron chi connectivity index (χ1n) is 6.23. The summed E-state index contributed by atoms with van der Waals surface area (Å²) in [5.74, 6) is -0.207. The molecule has 0 atom stereocenters. The molecule has 0 saturated heterocycles. The molecular formula is C13H16N2O3. The predicted octanol–water partition coefficient (Wildman–Crippen LogP) is 1.80. The summed E-state index contributed by atoms with van der Waals surface area (Å²) in [6.07, 6.45) is 5.16. The lowest BCUT2D eigenvalue weighted by molar-refractivity contribution is 0.0449. The summed E-state index contributed by atoms with van der Waals surface area (Å²) in [5, 5.41) is 12.9. The Morgan fingerprint density at radius 3 is 3.00 bits per heavy atom. The van der Waals surface area contributed by atoms with E-state index in [1.807, 2.05) is 0 Å². The Kier molecular flexibility index (Phi) is 2.63. The Bertz CT molecular complexity index is 535. The normalized spacial score (nSPS) is 18.3. The van der Waals surface area contributed by atoms with Gasteiger partial charge in [0.2, 0.25) is 0 Å².